The zero-order chi connectivity index (χ0) is 20.2. The number of aryl methyl sites for hydroxylation is 1. The van der Waals surface area contributed by atoms with Crippen LogP contribution in [0, 0.1) is 12.3 Å². The summed E-state index contributed by atoms with van der Waals surface area (Å²) in [5, 5.41) is 6.65. The first-order valence-corrected chi connectivity index (χ1v) is 12.2. The van der Waals surface area contributed by atoms with Gasteiger partial charge in [-0.2, -0.15) is 0 Å². The fraction of sp³-hybridized carbons (Fsp3) is 0.667. The van der Waals surface area contributed by atoms with Crippen molar-refractivity contribution in [2.45, 2.75) is 58.1 Å². The first-order valence-electron chi connectivity index (χ1n) is 10.2. The van der Waals surface area contributed by atoms with Crippen molar-refractivity contribution in [1.82, 2.24) is 10.6 Å². The molecule has 0 bridgehead atoms. The van der Waals surface area contributed by atoms with Gasteiger partial charge in [0.25, 0.3) is 0 Å². The van der Waals surface area contributed by atoms with Crippen molar-refractivity contribution in [2.24, 2.45) is 10.4 Å². The van der Waals surface area contributed by atoms with E-state index in [9.17, 15) is 8.42 Å². The first kappa shape index (κ1) is 21.0. The number of rotatable bonds is 8. The fourth-order valence-corrected chi connectivity index (χ4v) is 5.38. The number of sulfone groups is 1. The Labute approximate surface area is 169 Å². The van der Waals surface area contributed by atoms with Crippen LogP contribution in [0.15, 0.2) is 23.2 Å². The van der Waals surface area contributed by atoms with Gasteiger partial charge in [-0.25, -0.2) is 8.42 Å². The molecule has 2 fully saturated rings. The smallest absolute Gasteiger partial charge is 0.191 e. The van der Waals surface area contributed by atoms with E-state index >= 15 is 0 Å². The average molecular weight is 408 g/mol. The summed E-state index contributed by atoms with van der Waals surface area (Å²) in [4.78, 5) is 4.29. The first-order chi connectivity index (χ1) is 13.3. The van der Waals surface area contributed by atoms with E-state index in [4.69, 9.17) is 4.74 Å². The lowest BCUT2D eigenvalue weighted by Crippen LogP contribution is -2.41. The molecule has 0 heterocycles. The van der Waals surface area contributed by atoms with Gasteiger partial charge in [0.15, 0.2) is 5.96 Å². The molecule has 2 saturated carbocycles. The number of guanidine groups is 1. The molecule has 0 atom stereocenters. The summed E-state index contributed by atoms with van der Waals surface area (Å²) < 4.78 is 29.5. The minimum absolute atomic E-state index is 0.133. The Balaban J connectivity index is 1.56. The van der Waals surface area contributed by atoms with Crippen LogP contribution in [0.3, 0.4) is 0 Å². The lowest BCUT2D eigenvalue weighted by Gasteiger charge is -2.20. The van der Waals surface area contributed by atoms with Gasteiger partial charge in [0.1, 0.15) is 15.6 Å². The van der Waals surface area contributed by atoms with Crippen molar-refractivity contribution in [2.75, 3.05) is 25.6 Å². The second-order valence-corrected chi connectivity index (χ2v) is 10.6. The second kappa shape index (κ2) is 8.72. The number of hydrogen-bond donors (Lipinski definition) is 2. The van der Waals surface area contributed by atoms with Gasteiger partial charge in [-0.15, -0.1) is 0 Å². The average Bonchev–Trinajstić information content (AvgIpc) is 3.16. The van der Waals surface area contributed by atoms with Gasteiger partial charge >= 0.3 is 0 Å². The molecule has 2 aliphatic rings. The lowest BCUT2D eigenvalue weighted by atomic mass is 10.1. The van der Waals surface area contributed by atoms with Crippen molar-refractivity contribution in [1.29, 1.82) is 0 Å². The van der Waals surface area contributed by atoms with Crippen LogP contribution in [0.1, 0.15) is 49.7 Å². The van der Waals surface area contributed by atoms with Gasteiger partial charge in [0.2, 0.25) is 0 Å². The third-order valence-corrected chi connectivity index (χ3v) is 6.78. The summed E-state index contributed by atoms with van der Waals surface area (Å²) in [6, 6.07) is 6.31. The molecule has 0 radical (unpaired) electrons. The summed E-state index contributed by atoms with van der Waals surface area (Å²) >= 11 is 0. The standard InChI is InChI=1S/C21H33N3O3S/c1-16-8-9-17(19(12-16)27-18-6-4-5-7-18)13-23-20(22-2)24-14-21(10-11-21)15-28(3,25)26/h8-9,12,18H,4-7,10-11,13-15H2,1-3H3,(H2,22,23,24). The lowest BCUT2D eigenvalue weighted by molar-refractivity contribution is 0.207. The molecule has 1 aromatic rings. The van der Waals surface area contributed by atoms with Crippen LogP contribution < -0.4 is 15.4 Å². The summed E-state index contributed by atoms with van der Waals surface area (Å²) in [7, 11) is -1.23. The van der Waals surface area contributed by atoms with E-state index in [2.05, 4.69) is 40.7 Å². The predicted octanol–water partition coefficient (Wildman–Crippen LogP) is 2.81. The molecule has 1 aromatic carbocycles. The highest BCUT2D eigenvalue weighted by Crippen LogP contribution is 2.46. The van der Waals surface area contributed by atoms with Gasteiger partial charge in [-0.05, 0) is 57.1 Å². The maximum Gasteiger partial charge on any atom is 0.191 e. The number of ether oxygens (including phenoxy) is 1. The Morgan fingerprint density at radius 3 is 2.57 bits per heavy atom. The van der Waals surface area contributed by atoms with E-state index in [1.54, 1.807) is 7.05 Å². The summed E-state index contributed by atoms with van der Waals surface area (Å²) in [6.07, 6.45) is 8.28. The van der Waals surface area contributed by atoms with Crippen LogP contribution in [0.5, 0.6) is 5.75 Å². The Hall–Kier alpha value is -1.76. The molecule has 0 aliphatic heterocycles. The van der Waals surface area contributed by atoms with Gasteiger partial charge in [0.05, 0.1) is 11.9 Å². The van der Waals surface area contributed by atoms with Crippen molar-refractivity contribution < 1.29 is 13.2 Å². The molecule has 28 heavy (non-hydrogen) atoms. The fourth-order valence-electron chi connectivity index (χ4n) is 3.88. The SMILES string of the molecule is CN=C(NCc1ccc(C)cc1OC1CCCC1)NCC1(CS(C)(=O)=O)CC1. The van der Waals surface area contributed by atoms with Gasteiger partial charge < -0.3 is 15.4 Å². The van der Waals surface area contributed by atoms with Gasteiger partial charge in [-0.3, -0.25) is 4.99 Å². The molecule has 0 spiro atoms. The van der Waals surface area contributed by atoms with E-state index in [-0.39, 0.29) is 11.2 Å². The Morgan fingerprint density at radius 2 is 1.96 bits per heavy atom. The summed E-state index contributed by atoms with van der Waals surface area (Å²) in [5.74, 6) is 1.87. The van der Waals surface area contributed by atoms with E-state index < -0.39 is 9.84 Å². The number of nitrogens with one attached hydrogen (secondary N) is 2. The van der Waals surface area contributed by atoms with Crippen LogP contribution in [0.4, 0.5) is 0 Å². The molecule has 7 heteroatoms. The zero-order valence-electron chi connectivity index (χ0n) is 17.3. The number of hydrogen-bond acceptors (Lipinski definition) is 4. The minimum Gasteiger partial charge on any atom is -0.490 e. The van der Waals surface area contributed by atoms with Crippen molar-refractivity contribution in [3.63, 3.8) is 0 Å². The third kappa shape index (κ3) is 6.12. The molecular formula is C21H33N3O3S. The Bertz CT molecular complexity index is 810. The van der Waals surface area contributed by atoms with Crippen molar-refractivity contribution >= 4 is 15.8 Å². The summed E-state index contributed by atoms with van der Waals surface area (Å²) in [6.45, 7) is 3.32. The Kier molecular flexibility index (Phi) is 6.53. The van der Waals surface area contributed by atoms with Crippen LogP contribution >= 0.6 is 0 Å². The maximum absolute atomic E-state index is 11.6. The highest BCUT2D eigenvalue weighted by atomic mass is 32.2. The molecule has 0 amide bonds. The van der Waals surface area contributed by atoms with E-state index in [1.807, 2.05) is 0 Å². The largest absolute Gasteiger partial charge is 0.490 e. The molecule has 0 aromatic heterocycles. The highest BCUT2D eigenvalue weighted by Gasteiger charge is 2.45. The molecule has 0 unspecified atom stereocenters. The van der Waals surface area contributed by atoms with Crippen molar-refractivity contribution in [3.8, 4) is 5.75 Å². The molecule has 3 rings (SSSR count). The minimum atomic E-state index is -2.97. The third-order valence-electron chi connectivity index (χ3n) is 5.64. The van der Waals surface area contributed by atoms with Crippen LogP contribution in [-0.4, -0.2) is 46.1 Å². The monoisotopic (exact) mass is 407 g/mol. The number of aliphatic imine (C=N–C) groups is 1. The highest BCUT2D eigenvalue weighted by molar-refractivity contribution is 7.90. The van der Waals surface area contributed by atoms with Crippen LogP contribution in [0.25, 0.3) is 0 Å². The summed E-state index contributed by atoms with van der Waals surface area (Å²) in [5.41, 5.74) is 2.17. The number of benzene rings is 1. The number of nitrogens with zero attached hydrogens (tertiary/aromatic N) is 1. The second-order valence-electron chi connectivity index (χ2n) is 8.48. The molecule has 2 aliphatic carbocycles. The topological polar surface area (TPSA) is 79.8 Å². The van der Waals surface area contributed by atoms with Gasteiger partial charge in [0, 0.05) is 37.4 Å². The Morgan fingerprint density at radius 1 is 1.25 bits per heavy atom. The van der Waals surface area contributed by atoms with Crippen LogP contribution in [0.2, 0.25) is 0 Å². The molecular weight excluding hydrogens is 374 g/mol. The maximum atomic E-state index is 11.6. The van der Waals surface area contributed by atoms with E-state index in [0.717, 1.165) is 37.0 Å². The molecule has 0 saturated heterocycles. The molecule has 156 valence electrons. The van der Waals surface area contributed by atoms with Gasteiger partial charge in [-0.1, -0.05) is 12.1 Å². The van der Waals surface area contributed by atoms with E-state index in [1.165, 1.54) is 24.7 Å². The molecule has 2 N–H and O–H groups in total. The molecule has 6 nitrogen and oxygen atoms in total. The quantitative estimate of drug-likeness (QED) is 0.512. The predicted molar refractivity (Wildman–Crippen MR) is 114 cm³/mol. The van der Waals surface area contributed by atoms with Crippen molar-refractivity contribution in [3.05, 3.63) is 29.3 Å². The zero-order valence-corrected chi connectivity index (χ0v) is 18.1. The van der Waals surface area contributed by atoms with Crippen LogP contribution in [-0.2, 0) is 16.4 Å². The normalized spacial score (nSPS) is 19.5. The van der Waals surface area contributed by atoms with E-state index in [0.29, 0.717) is 25.2 Å².